The second-order valence-electron chi connectivity index (χ2n) is 9.76. The van der Waals surface area contributed by atoms with Gasteiger partial charge >= 0.3 is 0 Å². The fraction of sp³-hybridized carbons (Fsp3) is 0.625. The summed E-state index contributed by atoms with van der Waals surface area (Å²) < 4.78 is 32.4. The maximum absolute atomic E-state index is 13.6. The zero-order valence-electron chi connectivity index (χ0n) is 20.5. The van der Waals surface area contributed by atoms with Crippen molar-refractivity contribution in [2.45, 2.75) is 57.1 Å². The number of guanidine groups is 1. The highest BCUT2D eigenvalue weighted by Crippen LogP contribution is 2.33. The summed E-state index contributed by atoms with van der Waals surface area (Å²) in [7, 11) is -3.80. The lowest BCUT2D eigenvalue weighted by molar-refractivity contribution is -0.162. The molecule has 35 heavy (non-hydrogen) atoms. The number of para-hydroxylation sites is 1. The summed E-state index contributed by atoms with van der Waals surface area (Å²) in [6, 6.07) is 5.28. The van der Waals surface area contributed by atoms with Crippen molar-refractivity contribution < 1.29 is 22.7 Å². The number of piperidine rings is 1. The molecule has 1 saturated heterocycles. The standard InChI is InChI=1S/C24H37N5O5S/c1-16-8-10-29(21(12-16)34-15-30)23(31)19(6-4-9-27-24(25)26)14-35(32,33)20-7-3-5-18-11-17(2)13-28-22(18)20/h3,5,7,15-17,19,21,28H,4,6,8-14H2,1-2H3,(H4,25,26,27). The van der Waals surface area contributed by atoms with Crippen LogP contribution < -0.4 is 16.8 Å². The third kappa shape index (κ3) is 6.87. The highest BCUT2D eigenvalue weighted by molar-refractivity contribution is 7.91. The van der Waals surface area contributed by atoms with Crippen LogP contribution in [0.4, 0.5) is 5.69 Å². The number of carbonyl (C=O) groups excluding carboxylic acids is 2. The number of anilines is 1. The number of likely N-dealkylation sites (tertiary alicyclic amines) is 1. The van der Waals surface area contributed by atoms with Gasteiger partial charge in [-0.15, -0.1) is 0 Å². The predicted octanol–water partition coefficient (Wildman–Crippen LogP) is 1.49. The minimum absolute atomic E-state index is 0.0545. The first kappa shape index (κ1) is 26.8. The lowest BCUT2D eigenvalue weighted by Crippen LogP contribution is -2.50. The second kappa shape index (κ2) is 11.7. The van der Waals surface area contributed by atoms with Crippen molar-refractivity contribution >= 4 is 33.9 Å². The number of hydrogen-bond donors (Lipinski definition) is 3. The van der Waals surface area contributed by atoms with Gasteiger partial charge in [0, 0.05) is 26.1 Å². The van der Waals surface area contributed by atoms with Gasteiger partial charge < -0.3 is 26.4 Å². The lowest BCUT2D eigenvalue weighted by Gasteiger charge is -2.38. The molecule has 5 N–H and O–H groups in total. The van der Waals surface area contributed by atoms with E-state index < -0.39 is 22.0 Å². The van der Waals surface area contributed by atoms with Crippen LogP contribution in [0.2, 0.25) is 0 Å². The van der Waals surface area contributed by atoms with E-state index in [2.05, 4.69) is 17.2 Å². The molecular weight excluding hydrogens is 470 g/mol. The number of hydrogen-bond acceptors (Lipinski definition) is 7. The van der Waals surface area contributed by atoms with Crippen molar-refractivity contribution in [3.8, 4) is 0 Å². The van der Waals surface area contributed by atoms with E-state index in [1.165, 1.54) is 4.90 Å². The summed E-state index contributed by atoms with van der Waals surface area (Å²) in [5.74, 6) is -0.858. The molecule has 194 valence electrons. The van der Waals surface area contributed by atoms with Gasteiger partial charge in [-0.3, -0.25) is 14.6 Å². The molecule has 4 atom stereocenters. The van der Waals surface area contributed by atoms with E-state index in [1.807, 2.05) is 13.0 Å². The van der Waals surface area contributed by atoms with Gasteiger partial charge in [0.15, 0.2) is 22.0 Å². The van der Waals surface area contributed by atoms with Gasteiger partial charge in [0.05, 0.1) is 22.3 Å². The van der Waals surface area contributed by atoms with Crippen LogP contribution in [-0.4, -0.2) is 63.3 Å². The first-order chi connectivity index (χ1) is 16.6. The summed E-state index contributed by atoms with van der Waals surface area (Å²) in [6.45, 7) is 5.88. The fourth-order valence-electron chi connectivity index (χ4n) is 4.88. The number of aliphatic imine (C=N–C) groups is 1. The van der Waals surface area contributed by atoms with Gasteiger partial charge in [0.25, 0.3) is 6.47 Å². The molecule has 0 bridgehead atoms. The summed E-state index contributed by atoms with van der Waals surface area (Å²) in [6.07, 6.45) is 2.10. The molecule has 0 spiro atoms. The van der Waals surface area contributed by atoms with Crippen molar-refractivity contribution in [3.63, 3.8) is 0 Å². The largest absolute Gasteiger partial charge is 0.444 e. The zero-order valence-corrected chi connectivity index (χ0v) is 21.3. The molecule has 1 amide bonds. The molecule has 4 unspecified atom stereocenters. The van der Waals surface area contributed by atoms with Crippen LogP contribution in [0.1, 0.15) is 45.1 Å². The number of nitrogens with one attached hydrogen (secondary N) is 1. The molecule has 1 aromatic rings. The number of amides is 1. The van der Waals surface area contributed by atoms with Crippen LogP contribution in [0.3, 0.4) is 0 Å². The topological polar surface area (TPSA) is 157 Å². The number of nitrogens with two attached hydrogens (primary N) is 2. The highest BCUT2D eigenvalue weighted by atomic mass is 32.2. The Kier molecular flexibility index (Phi) is 8.98. The number of ether oxygens (including phenoxy) is 1. The lowest BCUT2D eigenvalue weighted by atomic mass is 9.95. The van der Waals surface area contributed by atoms with Crippen LogP contribution in [0.5, 0.6) is 0 Å². The van der Waals surface area contributed by atoms with E-state index >= 15 is 0 Å². The quantitative estimate of drug-likeness (QED) is 0.186. The normalized spacial score (nSPS) is 22.9. The number of rotatable bonds is 10. The van der Waals surface area contributed by atoms with Crippen molar-refractivity contribution in [3.05, 3.63) is 23.8 Å². The molecule has 2 heterocycles. The average molecular weight is 508 g/mol. The summed E-state index contributed by atoms with van der Waals surface area (Å²) >= 11 is 0. The first-order valence-corrected chi connectivity index (χ1v) is 13.8. The zero-order chi connectivity index (χ0) is 25.6. The third-order valence-corrected chi connectivity index (χ3v) is 8.58. The Balaban J connectivity index is 1.86. The number of benzene rings is 1. The smallest absolute Gasteiger partial charge is 0.295 e. The summed E-state index contributed by atoms with van der Waals surface area (Å²) in [5.41, 5.74) is 12.4. The van der Waals surface area contributed by atoms with Gasteiger partial charge in [-0.1, -0.05) is 26.0 Å². The Morgan fingerprint density at radius 1 is 1.31 bits per heavy atom. The van der Waals surface area contributed by atoms with Crippen LogP contribution >= 0.6 is 0 Å². The number of nitrogens with zero attached hydrogens (tertiary/aromatic N) is 2. The highest BCUT2D eigenvalue weighted by Gasteiger charge is 2.37. The molecule has 2 aliphatic heterocycles. The molecule has 0 aliphatic carbocycles. The Bertz CT molecular complexity index is 1040. The van der Waals surface area contributed by atoms with E-state index in [9.17, 15) is 18.0 Å². The van der Waals surface area contributed by atoms with Gasteiger partial charge in [0.1, 0.15) is 0 Å². The number of fused-ring (bicyclic) bond motifs is 1. The van der Waals surface area contributed by atoms with Crippen molar-refractivity contribution in [2.24, 2.45) is 34.2 Å². The molecule has 1 fully saturated rings. The van der Waals surface area contributed by atoms with Gasteiger partial charge in [-0.2, -0.15) is 0 Å². The monoisotopic (exact) mass is 507 g/mol. The maximum Gasteiger partial charge on any atom is 0.295 e. The second-order valence-corrected chi connectivity index (χ2v) is 11.8. The van der Waals surface area contributed by atoms with Crippen molar-refractivity contribution in [1.82, 2.24) is 4.90 Å². The van der Waals surface area contributed by atoms with Gasteiger partial charge in [0.2, 0.25) is 5.91 Å². The number of sulfone groups is 1. The minimum Gasteiger partial charge on any atom is -0.444 e. The molecule has 0 aromatic heterocycles. The Labute approximate surface area is 207 Å². The van der Waals surface area contributed by atoms with Gasteiger partial charge in [-0.25, -0.2) is 8.42 Å². The van der Waals surface area contributed by atoms with E-state index in [0.717, 1.165) is 18.4 Å². The molecule has 0 saturated carbocycles. The Morgan fingerprint density at radius 2 is 2.09 bits per heavy atom. The third-order valence-electron chi connectivity index (χ3n) is 6.73. The van der Waals surface area contributed by atoms with E-state index in [-0.39, 0.29) is 41.4 Å². The average Bonchev–Trinajstić information content (AvgIpc) is 2.80. The van der Waals surface area contributed by atoms with E-state index in [1.54, 1.807) is 12.1 Å². The van der Waals surface area contributed by atoms with Crippen molar-refractivity contribution in [1.29, 1.82) is 0 Å². The predicted molar refractivity (Wildman–Crippen MR) is 134 cm³/mol. The van der Waals surface area contributed by atoms with Crippen LogP contribution in [0.25, 0.3) is 0 Å². The van der Waals surface area contributed by atoms with Crippen LogP contribution in [0.15, 0.2) is 28.1 Å². The first-order valence-electron chi connectivity index (χ1n) is 12.2. The molecular formula is C24H37N5O5S. The molecule has 0 radical (unpaired) electrons. The molecule has 2 aliphatic rings. The van der Waals surface area contributed by atoms with Crippen LogP contribution in [0, 0.1) is 17.8 Å². The van der Waals surface area contributed by atoms with Crippen molar-refractivity contribution in [2.75, 3.05) is 30.7 Å². The fourth-order valence-corrected chi connectivity index (χ4v) is 6.70. The summed E-state index contributed by atoms with van der Waals surface area (Å²) in [5, 5.41) is 3.27. The molecule has 1 aromatic carbocycles. The molecule has 11 heteroatoms. The number of carbonyl (C=O) groups is 2. The minimum atomic E-state index is -3.80. The molecule has 3 rings (SSSR count). The van der Waals surface area contributed by atoms with E-state index in [0.29, 0.717) is 44.0 Å². The SMILES string of the molecule is CC1CNc2c(cccc2S(=O)(=O)CC(CCCN=C(N)N)C(=O)N2CCC(C)CC2OC=O)C1. The van der Waals surface area contributed by atoms with Gasteiger partial charge in [-0.05, 0) is 49.1 Å². The maximum atomic E-state index is 13.6. The Morgan fingerprint density at radius 3 is 2.80 bits per heavy atom. The molecule has 10 nitrogen and oxygen atoms in total. The summed E-state index contributed by atoms with van der Waals surface area (Å²) in [4.78, 5) is 30.4. The van der Waals surface area contributed by atoms with E-state index in [4.69, 9.17) is 16.2 Å². The Hall–Kier alpha value is -2.82. The van der Waals surface area contributed by atoms with Crippen LogP contribution in [-0.2, 0) is 30.6 Å².